The summed E-state index contributed by atoms with van der Waals surface area (Å²) in [6.07, 6.45) is -4.12. The Bertz CT molecular complexity index is 273. The Hall–Kier alpha value is -0.850. The molecule has 0 aromatic rings. The van der Waals surface area contributed by atoms with E-state index in [9.17, 15) is 27.2 Å². The first-order valence-electron chi connectivity index (χ1n) is 4.32. The normalized spacial score (nSPS) is 13.7. The SMILES string of the molecule is CCC(NC(=O)C(F)(F)C(F)F)C(=O)CCl. The van der Waals surface area contributed by atoms with Crippen LogP contribution in [0.4, 0.5) is 17.6 Å². The fourth-order valence-corrected chi connectivity index (χ4v) is 1.04. The summed E-state index contributed by atoms with van der Waals surface area (Å²) in [5.41, 5.74) is 0. The Morgan fingerprint density at radius 3 is 2.19 bits per heavy atom. The second-order valence-corrected chi connectivity index (χ2v) is 3.23. The van der Waals surface area contributed by atoms with Crippen molar-refractivity contribution >= 4 is 23.3 Å². The highest BCUT2D eigenvalue weighted by Gasteiger charge is 2.49. The van der Waals surface area contributed by atoms with Gasteiger partial charge in [-0.25, -0.2) is 8.78 Å². The lowest BCUT2D eigenvalue weighted by Gasteiger charge is -2.19. The lowest BCUT2D eigenvalue weighted by Crippen LogP contribution is -2.51. The maximum absolute atomic E-state index is 12.5. The second kappa shape index (κ2) is 6.03. The van der Waals surface area contributed by atoms with E-state index in [1.54, 1.807) is 0 Å². The van der Waals surface area contributed by atoms with Crippen molar-refractivity contribution in [1.29, 1.82) is 0 Å². The minimum absolute atomic E-state index is 0.00336. The van der Waals surface area contributed by atoms with Crippen LogP contribution in [0.25, 0.3) is 0 Å². The zero-order valence-electron chi connectivity index (χ0n) is 8.28. The van der Waals surface area contributed by atoms with Crippen molar-refractivity contribution in [2.24, 2.45) is 0 Å². The number of Topliss-reactive ketones (excluding diaryl/α,β-unsaturated/α-hetero) is 1. The highest BCUT2D eigenvalue weighted by Crippen LogP contribution is 2.23. The maximum Gasteiger partial charge on any atom is 0.383 e. The van der Waals surface area contributed by atoms with Crippen LogP contribution in [0.3, 0.4) is 0 Å². The maximum atomic E-state index is 12.5. The van der Waals surface area contributed by atoms with Gasteiger partial charge in [0.15, 0.2) is 5.78 Å². The van der Waals surface area contributed by atoms with E-state index in [4.69, 9.17) is 11.6 Å². The number of hydrogen-bond donors (Lipinski definition) is 1. The number of amides is 1. The van der Waals surface area contributed by atoms with E-state index in [1.165, 1.54) is 12.2 Å². The molecular weight excluding hydrogens is 254 g/mol. The van der Waals surface area contributed by atoms with Crippen molar-refractivity contribution in [2.75, 3.05) is 5.88 Å². The monoisotopic (exact) mass is 263 g/mol. The fourth-order valence-electron chi connectivity index (χ4n) is 0.857. The van der Waals surface area contributed by atoms with E-state index < -0.39 is 36.0 Å². The van der Waals surface area contributed by atoms with Crippen LogP contribution in [0.15, 0.2) is 0 Å². The van der Waals surface area contributed by atoms with Crippen molar-refractivity contribution in [1.82, 2.24) is 5.32 Å². The van der Waals surface area contributed by atoms with Gasteiger partial charge in [0, 0.05) is 0 Å². The van der Waals surface area contributed by atoms with Crippen LogP contribution in [0.5, 0.6) is 0 Å². The average molecular weight is 264 g/mol. The van der Waals surface area contributed by atoms with E-state index >= 15 is 0 Å². The molecule has 0 heterocycles. The van der Waals surface area contributed by atoms with E-state index in [-0.39, 0.29) is 6.42 Å². The standard InChI is InChI=1S/C8H10ClF4NO2/c1-2-4(5(15)3-9)14-7(16)8(12,13)6(10)11/h4,6H,2-3H2,1H3,(H,14,16). The molecule has 0 fully saturated rings. The minimum Gasteiger partial charge on any atom is -0.341 e. The predicted molar refractivity (Wildman–Crippen MR) is 48.9 cm³/mol. The molecule has 1 N–H and O–H groups in total. The van der Waals surface area contributed by atoms with Gasteiger partial charge in [-0.1, -0.05) is 6.92 Å². The molecule has 0 bridgehead atoms. The molecule has 0 aliphatic rings. The highest BCUT2D eigenvalue weighted by atomic mass is 35.5. The number of hydrogen-bond acceptors (Lipinski definition) is 2. The van der Waals surface area contributed by atoms with E-state index in [1.807, 2.05) is 0 Å². The molecule has 0 aromatic heterocycles. The first kappa shape index (κ1) is 15.2. The summed E-state index contributed by atoms with van der Waals surface area (Å²) in [5.74, 6) is -8.17. The fraction of sp³-hybridized carbons (Fsp3) is 0.750. The van der Waals surface area contributed by atoms with Crippen LogP contribution >= 0.6 is 11.6 Å². The first-order chi connectivity index (χ1) is 7.27. The van der Waals surface area contributed by atoms with Crippen LogP contribution in [0, 0.1) is 0 Å². The molecule has 0 spiro atoms. The van der Waals surface area contributed by atoms with Gasteiger partial charge in [-0.2, -0.15) is 8.78 Å². The topological polar surface area (TPSA) is 46.2 Å². The quantitative estimate of drug-likeness (QED) is 0.584. The number of carbonyl (C=O) groups is 2. The van der Waals surface area contributed by atoms with Gasteiger partial charge in [0.05, 0.1) is 11.9 Å². The van der Waals surface area contributed by atoms with Gasteiger partial charge in [0.1, 0.15) is 0 Å². The van der Waals surface area contributed by atoms with Gasteiger partial charge in [-0.15, -0.1) is 11.6 Å². The van der Waals surface area contributed by atoms with Crippen molar-refractivity contribution in [2.45, 2.75) is 31.7 Å². The summed E-state index contributed by atoms with van der Waals surface area (Å²) in [7, 11) is 0. The third-order valence-corrected chi connectivity index (χ3v) is 2.07. The van der Waals surface area contributed by atoms with Gasteiger partial charge in [0.2, 0.25) is 0 Å². The van der Waals surface area contributed by atoms with Gasteiger partial charge < -0.3 is 5.32 Å². The average Bonchev–Trinajstić information content (AvgIpc) is 2.23. The number of alkyl halides is 5. The molecule has 1 atom stereocenters. The molecule has 0 saturated carbocycles. The van der Waals surface area contributed by atoms with Crippen molar-refractivity contribution < 1.29 is 27.2 Å². The Kier molecular flexibility index (Phi) is 5.71. The summed E-state index contributed by atoms with van der Waals surface area (Å²) < 4.78 is 48.6. The van der Waals surface area contributed by atoms with E-state index in [0.717, 1.165) is 0 Å². The van der Waals surface area contributed by atoms with Crippen molar-refractivity contribution in [3.05, 3.63) is 0 Å². The Labute approximate surface area is 94.1 Å². The zero-order chi connectivity index (χ0) is 12.9. The lowest BCUT2D eigenvalue weighted by atomic mass is 10.1. The summed E-state index contributed by atoms with van der Waals surface area (Å²) in [6, 6.07) is -1.27. The van der Waals surface area contributed by atoms with Gasteiger partial charge >= 0.3 is 12.3 Å². The molecule has 1 unspecified atom stereocenters. The third kappa shape index (κ3) is 3.62. The predicted octanol–water partition coefficient (Wildman–Crippen LogP) is 1.59. The molecule has 3 nitrogen and oxygen atoms in total. The van der Waals surface area contributed by atoms with Crippen LogP contribution in [0.1, 0.15) is 13.3 Å². The molecular formula is C8H10ClF4NO2. The third-order valence-electron chi connectivity index (χ3n) is 1.81. The number of rotatable bonds is 6. The van der Waals surface area contributed by atoms with Crippen molar-refractivity contribution in [3.63, 3.8) is 0 Å². The first-order valence-corrected chi connectivity index (χ1v) is 4.86. The summed E-state index contributed by atoms with van der Waals surface area (Å²) >= 11 is 5.15. The van der Waals surface area contributed by atoms with Crippen LogP contribution < -0.4 is 5.32 Å². The molecule has 0 radical (unpaired) electrons. The number of halogens is 5. The summed E-state index contributed by atoms with van der Waals surface area (Å²) in [4.78, 5) is 21.8. The number of carbonyl (C=O) groups excluding carboxylic acids is 2. The number of ketones is 1. The van der Waals surface area contributed by atoms with Crippen LogP contribution in [-0.2, 0) is 9.59 Å². The minimum atomic E-state index is -4.81. The smallest absolute Gasteiger partial charge is 0.341 e. The Morgan fingerprint density at radius 2 is 1.88 bits per heavy atom. The molecule has 0 saturated heterocycles. The molecule has 16 heavy (non-hydrogen) atoms. The molecule has 94 valence electrons. The van der Waals surface area contributed by atoms with Crippen LogP contribution in [0.2, 0.25) is 0 Å². The Balaban J connectivity index is 4.59. The molecule has 0 aromatic carbocycles. The van der Waals surface area contributed by atoms with Gasteiger partial charge in [0.25, 0.3) is 5.91 Å². The largest absolute Gasteiger partial charge is 0.383 e. The lowest BCUT2D eigenvalue weighted by molar-refractivity contribution is -0.170. The summed E-state index contributed by atoms with van der Waals surface area (Å²) in [5, 5.41) is 1.54. The van der Waals surface area contributed by atoms with Crippen LogP contribution in [-0.4, -0.2) is 36.0 Å². The van der Waals surface area contributed by atoms with E-state index in [2.05, 4.69) is 0 Å². The van der Waals surface area contributed by atoms with E-state index in [0.29, 0.717) is 0 Å². The molecule has 0 aliphatic carbocycles. The number of nitrogens with one attached hydrogen (secondary N) is 1. The molecule has 8 heteroatoms. The van der Waals surface area contributed by atoms with Crippen molar-refractivity contribution in [3.8, 4) is 0 Å². The summed E-state index contributed by atoms with van der Waals surface area (Å²) in [6.45, 7) is 1.43. The molecule has 0 rings (SSSR count). The zero-order valence-corrected chi connectivity index (χ0v) is 9.03. The molecule has 0 aliphatic heterocycles. The Morgan fingerprint density at radius 1 is 1.38 bits per heavy atom. The second-order valence-electron chi connectivity index (χ2n) is 2.96. The van der Waals surface area contributed by atoms with Gasteiger partial charge in [-0.05, 0) is 6.42 Å². The molecule has 1 amide bonds. The van der Waals surface area contributed by atoms with Gasteiger partial charge in [-0.3, -0.25) is 9.59 Å². The highest BCUT2D eigenvalue weighted by molar-refractivity contribution is 6.28.